The number of nitrogens with zero attached hydrogens (tertiary/aromatic N) is 2. The van der Waals surface area contributed by atoms with Crippen molar-refractivity contribution in [1.82, 2.24) is 10.3 Å². The smallest absolute Gasteiger partial charge is 0.185 e. The van der Waals surface area contributed by atoms with E-state index in [0.717, 1.165) is 24.8 Å². The standard InChI is InChI=1S/C15H23N3S2/c1-5-18(6-2)15-17-10-13(20-15)9-16-12(4)14-8-7-11(3)19-14/h7-8,10,12,16H,5-6,9H2,1-4H3. The Labute approximate surface area is 129 Å². The van der Waals surface area contributed by atoms with Gasteiger partial charge in [-0.25, -0.2) is 4.98 Å². The second-order valence-corrected chi connectivity index (χ2v) is 7.25. The van der Waals surface area contributed by atoms with Crippen molar-refractivity contribution in [3.05, 3.63) is 33.0 Å². The molecule has 0 bridgehead atoms. The third-order valence-corrected chi connectivity index (χ3v) is 5.59. The molecule has 5 heteroatoms. The molecule has 20 heavy (non-hydrogen) atoms. The van der Waals surface area contributed by atoms with Crippen LogP contribution in [0.1, 0.15) is 41.4 Å². The van der Waals surface area contributed by atoms with Crippen molar-refractivity contribution in [2.24, 2.45) is 0 Å². The molecular formula is C15H23N3S2. The Bertz CT molecular complexity index is 529. The molecule has 110 valence electrons. The fourth-order valence-corrected chi connectivity index (χ4v) is 3.95. The fourth-order valence-electron chi connectivity index (χ4n) is 2.06. The molecule has 0 radical (unpaired) electrons. The Kier molecular flexibility index (Phi) is 5.57. The van der Waals surface area contributed by atoms with Crippen molar-refractivity contribution >= 4 is 27.8 Å². The zero-order chi connectivity index (χ0) is 14.5. The van der Waals surface area contributed by atoms with Crippen LogP contribution < -0.4 is 10.2 Å². The molecule has 0 aromatic carbocycles. The van der Waals surface area contributed by atoms with Crippen LogP contribution >= 0.6 is 22.7 Å². The minimum atomic E-state index is 0.396. The van der Waals surface area contributed by atoms with Gasteiger partial charge in [0.05, 0.1) is 0 Å². The lowest BCUT2D eigenvalue weighted by Crippen LogP contribution is -2.21. The van der Waals surface area contributed by atoms with Crippen molar-refractivity contribution < 1.29 is 0 Å². The molecule has 0 saturated heterocycles. The van der Waals surface area contributed by atoms with Crippen molar-refractivity contribution in [2.45, 2.75) is 40.3 Å². The molecule has 0 saturated carbocycles. The van der Waals surface area contributed by atoms with Gasteiger partial charge in [-0.2, -0.15) is 0 Å². The Morgan fingerprint density at radius 1 is 1.25 bits per heavy atom. The molecular weight excluding hydrogens is 286 g/mol. The highest BCUT2D eigenvalue weighted by molar-refractivity contribution is 7.15. The van der Waals surface area contributed by atoms with Gasteiger partial charge in [0.1, 0.15) is 0 Å². The minimum absolute atomic E-state index is 0.396. The molecule has 0 aliphatic carbocycles. The average Bonchev–Trinajstić information content (AvgIpc) is 3.07. The summed E-state index contributed by atoms with van der Waals surface area (Å²) in [6.45, 7) is 11.6. The number of thiophene rings is 1. The second kappa shape index (κ2) is 7.20. The van der Waals surface area contributed by atoms with Crippen LogP contribution in [0.15, 0.2) is 18.3 Å². The largest absolute Gasteiger partial charge is 0.349 e. The van der Waals surface area contributed by atoms with Crippen LogP contribution in [-0.2, 0) is 6.54 Å². The van der Waals surface area contributed by atoms with E-state index in [1.54, 1.807) is 11.3 Å². The molecule has 0 amide bonds. The lowest BCUT2D eigenvalue weighted by Gasteiger charge is -2.16. The number of rotatable bonds is 7. The van der Waals surface area contributed by atoms with Crippen LogP contribution in [0.5, 0.6) is 0 Å². The number of thiazole rings is 1. The van der Waals surface area contributed by atoms with E-state index >= 15 is 0 Å². The first-order valence-corrected chi connectivity index (χ1v) is 8.76. The first-order chi connectivity index (χ1) is 9.63. The zero-order valence-electron chi connectivity index (χ0n) is 12.6. The van der Waals surface area contributed by atoms with E-state index in [1.807, 2.05) is 17.5 Å². The van der Waals surface area contributed by atoms with E-state index < -0.39 is 0 Å². The molecule has 2 aromatic rings. The topological polar surface area (TPSA) is 28.2 Å². The lowest BCUT2D eigenvalue weighted by molar-refractivity contribution is 0.587. The maximum atomic E-state index is 4.52. The number of hydrogen-bond acceptors (Lipinski definition) is 5. The molecule has 3 nitrogen and oxygen atoms in total. The summed E-state index contributed by atoms with van der Waals surface area (Å²) in [5, 5.41) is 4.71. The fraction of sp³-hybridized carbons (Fsp3) is 0.533. The molecule has 0 aliphatic rings. The predicted molar refractivity (Wildman–Crippen MR) is 90.0 cm³/mol. The molecule has 1 N–H and O–H groups in total. The Morgan fingerprint density at radius 2 is 2.00 bits per heavy atom. The first-order valence-electron chi connectivity index (χ1n) is 7.13. The maximum Gasteiger partial charge on any atom is 0.185 e. The third kappa shape index (κ3) is 3.81. The van der Waals surface area contributed by atoms with Gasteiger partial charge >= 0.3 is 0 Å². The highest BCUT2D eigenvalue weighted by Crippen LogP contribution is 2.25. The highest BCUT2D eigenvalue weighted by atomic mass is 32.1. The molecule has 0 aliphatic heterocycles. The summed E-state index contributed by atoms with van der Waals surface area (Å²) in [7, 11) is 0. The summed E-state index contributed by atoms with van der Waals surface area (Å²) < 4.78 is 0. The van der Waals surface area contributed by atoms with Crippen LogP contribution in [-0.4, -0.2) is 18.1 Å². The summed E-state index contributed by atoms with van der Waals surface area (Å²) in [6, 6.07) is 4.79. The monoisotopic (exact) mass is 309 g/mol. The molecule has 0 fully saturated rings. The van der Waals surface area contributed by atoms with E-state index in [1.165, 1.54) is 14.6 Å². The van der Waals surface area contributed by atoms with Gasteiger partial charge in [0.15, 0.2) is 5.13 Å². The molecule has 2 heterocycles. The van der Waals surface area contributed by atoms with E-state index in [2.05, 4.69) is 55.0 Å². The lowest BCUT2D eigenvalue weighted by atomic mass is 10.2. The maximum absolute atomic E-state index is 4.52. The highest BCUT2D eigenvalue weighted by Gasteiger charge is 2.10. The third-order valence-electron chi connectivity index (χ3n) is 3.35. The number of aromatic nitrogens is 1. The second-order valence-electron chi connectivity index (χ2n) is 4.83. The van der Waals surface area contributed by atoms with Gasteiger partial charge in [-0.1, -0.05) is 0 Å². The number of nitrogens with one attached hydrogen (secondary N) is 1. The minimum Gasteiger partial charge on any atom is -0.349 e. The van der Waals surface area contributed by atoms with Crippen molar-refractivity contribution in [3.63, 3.8) is 0 Å². The van der Waals surface area contributed by atoms with E-state index in [9.17, 15) is 0 Å². The van der Waals surface area contributed by atoms with Gasteiger partial charge in [0.2, 0.25) is 0 Å². The van der Waals surface area contributed by atoms with Crippen molar-refractivity contribution in [1.29, 1.82) is 0 Å². The SMILES string of the molecule is CCN(CC)c1ncc(CNC(C)c2ccc(C)s2)s1. The first kappa shape index (κ1) is 15.5. The Hall–Kier alpha value is -0.910. The number of hydrogen-bond donors (Lipinski definition) is 1. The molecule has 2 aromatic heterocycles. The zero-order valence-corrected chi connectivity index (χ0v) is 14.3. The van der Waals surface area contributed by atoms with Gasteiger partial charge in [-0.05, 0) is 39.8 Å². The van der Waals surface area contributed by atoms with Crippen LogP contribution in [0.25, 0.3) is 0 Å². The number of anilines is 1. The molecule has 1 atom stereocenters. The predicted octanol–water partition coefficient (Wildman–Crippen LogP) is 4.21. The van der Waals surface area contributed by atoms with Crippen LogP contribution in [0.4, 0.5) is 5.13 Å². The summed E-state index contributed by atoms with van der Waals surface area (Å²) in [5.41, 5.74) is 0. The van der Waals surface area contributed by atoms with E-state index in [-0.39, 0.29) is 0 Å². The Balaban J connectivity index is 1.91. The van der Waals surface area contributed by atoms with Crippen molar-refractivity contribution in [3.8, 4) is 0 Å². The quantitative estimate of drug-likeness (QED) is 0.830. The van der Waals surface area contributed by atoms with Gasteiger partial charge in [-0.15, -0.1) is 22.7 Å². The Morgan fingerprint density at radius 3 is 2.60 bits per heavy atom. The van der Waals surface area contributed by atoms with E-state index in [4.69, 9.17) is 0 Å². The van der Waals surface area contributed by atoms with Gasteiger partial charge < -0.3 is 10.2 Å². The average molecular weight is 310 g/mol. The molecule has 0 spiro atoms. The number of aryl methyl sites for hydroxylation is 1. The summed E-state index contributed by atoms with van der Waals surface area (Å²) in [6.07, 6.45) is 2.00. The van der Waals surface area contributed by atoms with Gasteiger partial charge in [-0.3, -0.25) is 0 Å². The van der Waals surface area contributed by atoms with Crippen LogP contribution in [0.2, 0.25) is 0 Å². The summed E-state index contributed by atoms with van der Waals surface area (Å²) in [5.74, 6) is 0. The van der Waals surface area contributed by atoms with Crippen LogP contribution in [0, 0.1) is 6.92 Å². The molecule has 2 rings (SSSR count). The van der Waals surface area contributed by atoms with Crippen LogP contribution in [0.3, 0.4) is 0 Å². The summed E-state index contributed by atoms with van der Waals surface area (Å²) in [4.78, 5) is 10.9. The van der Waals surface area contributed by atoms with Crippen molar-refractivity contribution in [2.75, 3.05) is 18.0 Å². The summed E-state index contributed by atoms with van der Waals surface area (Å²) >= 11 is 3.65. The van der Waals surface area contributed by atoms with E-state index in [0.29, 0.717) is 6.04 Å². The van der Waals surface area contributed by atoms with Gasteiger partial charge in [0, 0.05) is 46.5 Å². The molecule has 1 unspecified atom stereocenters. The van der Waals surface area contributed by atoms with Gasteiger partial charge in [0.25, 0.3) is 0 Å². The normalized spacial score (nSPS) is 12.6.